The Labute approximate surface area is 182 Å². The maximum Gasteiger partial charge on any atom is 0.191 e. The fourth-order valence-electron chi connectivity index (χ4n) is 2.81. The normalized spacial score (nSPS) is 11.3. The zero-order chi connectivity index (χ0) is 18.2. The van der Waals surface area contributed by atoms with Crippen LogP contribution in [0, 0.1) is 0 Å². The molecule has 5 nitrogen and oxygen atoms in total. The lowest BCUT2D eigenvalue weighted by Gasteiger charge is -2.12. The van der Waals surface area contributed by atoms with Gasteiger partial charge >= 0.3 is 0 Å². The Morgan fingerprint density at radius 2 is 1.93 bits per heavy atom. The van der Waals surface area contributed by atoms with Crippen molar-refractivity contribution in [1.82, 2.24) is 20.4 Å². The summed E-state index contributed by atoms with van der Waals surface area (Å²) in [5, 5.41) is 13.5. The van der Waals surface area contributed by atoms with Crippen molar-refractivity contribution in [3.8, 4) is 0 Å². The SMILES string of the molecule is CN=C(NCCSCc1cccc2ccccc12)NCc1ccnn1C.I. The Balaban J connectivity index is 0.00000261. The van der Waals surface area contributed by atoms with E-state index in [1.165, 1.54) is 16.3 Å². The molecule has 7 heteroatoms. The van der Waals surface area contributed by atoms with Crippen LogP contribution in [0.1, 0.15) is 11.3 Å². The molecule has 0 saturated heterocycles. The van der Waals surface area contributed by atoms with Crippen LogP contribution in [-0.2, 0) is 19.3 Å². The fourth-order valence-corrected chi connectivity index (χ4v) is 3.67. The standard InChI is InChI=1S/C20H25N5S.HI/c1-21-20(23-14-18-10-11-24-25(18)2)22-12-13-26-15-17-8-5-7-16-6-3-4-9-19(16)17;/h3-11H,12-15H2,1-2H3,(H2,21,22,23);1H. The summed E-state index contributed by atoms with van der Waals surface area (Å²) in [6.07, 6.45) is 1.80. The molecule has 0 unspecified atom stereocenters. The van der Waals surface area contributed by atoms with Crippen molar-refractivity contribution in [3.63, 3.8) is 0 Å². The van der Waals surface area contributed by atoms with Crippen LogP contribution in [0.2, 0.25) is 0 Å². The monoisotopic (exact) mass is 495 g/mol. The summed E-state index contributed by atoms with van der Waals surface area (Å²) >= 11 is 1.93. The molecule has 2 aromatic carbocycles. The van der Waals surface area contributed by atoms with Gasteiger partial charge in [-0.15, -0.1) is 24.0 Å². The number of nitrogens with one attached hydrogen (secondary N) is 2. The molecule has 144 valence electrons. The summed E-state index contributed by atoms with van der Waals surface area (Å²) in [6.45, 7) is 1.58. The van der Waals surface area contributed by atoms with Crippen LogP contribution in [0.25, 0.3) is 10.8 Å². The quantitative estimate of drug-likeness (QED) is 0.227. The highest BCUT2D eigenvalue weighted by molar-refractivity contribution is 14.0. The number of benzene rings is 2. The van der Waals surface area contributed by atoms with E-state index in [-0.39, 0.29) is 24.0 Å². The molecule has 3 rings (SSSR count). The summed E-state index contributed by atoms with van der Waals surface area (Å²) in [6, 6.07) is 17.1. The van der Waals surface area contributed by atoms with Crippen molar-refractivity contribution in [2.75, 3.05) is 19.3 Å². The van der Waals surface area contributed by atoms with Crippen LogP contribution in [0.4, 0.5) is 0 Å². The van der Waals surface area contributed by atoms with Crippen molar-refractivity contribution in [3.05, 3.63) is 66.0 Å². The van der Waals surface area contributed by atoms with Gasteiger partial charge in [0.25, 0.3) is 0 Å². The molecule has 0 amide bonds. The van der Waals surface area contributed by atoms with E-state index in [0.29, 0.717) is 6.54 Å². The molecule has 0 bridgehead atoms. The number of aryl methyl sites for hydroxylation is 1. The minimum atomic E-state index is 0. The molecule has 2 N–H and O–H groups in total. The van der Waals surface area contributed by atoms with Crippen molar-refractivity contribution in [2.24, 2.45) is 12.0 Å². The molecule has 0 saturated carbocycles. The minimum Gasteiger partial charge on any atom is -0.356 e. The number of rotatable bonds is 7. The number of guanidine groups is 1. The second kappa shape index (κ2) is 11.2. The number of halogens is 1. The predicted octanol–water partition coefficient (Wildman–Crippen LogP) is 3.79. The number of hydrogen-bond acceptors (Lipinski definition) is 3. The molecule has 3 aromatic rings. The summed E-state index contributed by atoms with van der Waals surface area (Å²) in [5.41, 5.74) is 2.52. The van der Waals surface area contributed by atoms with E-state index in [4.69, 9.17) is 0 Å². The number of nitrogens with zero attached hydrogens (tertiary/aromatic N) is 3. The Hall–Kier alpha value is -1.74. The molecule has 0 atom stereocenters. The molecule has 0 aliphatic rings. The van der Waals surface area contributed by atoms with E-state index in [1.54, 1.807) is 13.2 Å². The molecular weight excluding hydrogens is 469 g/mol. The largest absolute Gasteiger partial charge is 0.356 e. The predicted molar refractivity (Wildman–Crippen MR) is 127 cm³/mol. The summed E-state index contributed by atoms with van der Waals surface area (Å²) in [5.74, 6) is 2.86. The lowest BCUT2D eigenvalue weighted by molar-refractivity contribution is 0.686. The molecule has 0 aliphatic carbocycles. The zero-order valence-electron chi connectivity index (χ0n) is 15.7. The number of aliphatic imine (C=N–C) groups is 1. The first-order valence-electron chi connectivity index (χ1n) is 8.73. The van der Waals surface area contributed by atoms with Gasteiger partial charge < -0.3 is 10.6 Å². The van der Waals surface area contributed by atoms with Crippen LogP contribution >= 0.6 is 35.7 Å². The third-order valence-electron chi connectivity index (χ3n) is 4.26. The third-order valence-corrected chi connectivity index (χ3v) is 5.27. The van der Waals surface area contributed by atoms with Gasteiger partial charge in [0, 0.05) is 38.3 Å². The molecule has 0 fully saturated rings. The zero-order valence-corrected chi connectivity index (χ0v) is 18.8. The molecule has 0 spiro atoms. The lowest BCUT2D eigenvalue weighted by Crippen LogP contribution is -2.38. The number of fused-ring (bicyclic) bond motifs is 1. The van der Waals surface area contributed by atoms with Gasteiger partial charge in [0.05, 0.1) is 12.2 Å². The second-order valence-corrected chi connectivity index (χ2v) is 7.09. The van der Waals surface area contributed by atoms with E-state index < -0.39 is 0 Å². The highest BCUT2D eigenvalue weighted by Gasteiger charge is 2.02. The maximum atomic E-state index is 4.27. The van der Waals surface area contributed by atoms with E-state index in [2.05, 4.69) is 63.2 Å². The molecule has 1 aromatic heterocycles. The minimum absolute atomic E-state index is 0. The lowest BCUT2D eigenvalue weighted by atomic mass is 10.1. The van der Waals surface area contributed by atoms with Gasteiger partial charge in [0.1, 0.15) is 0 Å². The number of hydrogen-bond donors (Lipinski definition) is 2. The first-order valence-corrected chi connectivity index (χ1v) is 9.89. The smallest absolute Gasteiger partial charge is 0.191 e. The van der Waals surface area contributed by atoms with Gasteiger partial charge in [-0.05, 0) is 22.4 Å². The average Bonchev–Trinajstić information content (AvgIpc) is 3.09. The highest BCUT2D eigenvalue weighted by Crippen LogP contribution is 2.22. The molecule has 1 heterocycles. The third kappa shape index (κ3) is 6.14. The fraction of sp³-hybridized carbons (Fsp3) is 0.300. The van der Waals surface area contributed by atoms with E-state index >= 15 is 0 Å². The van der Waals surface area contributed by atoms with Crippen molar-refractivity contribution in [1.29, 1.82) is 0 Å². The van der Waals surface area contributed by atoms with Gasteiger partial charge in [0.15, 0.2) is 5.96 Å². The number of aromatic nitrogens is 2. The molecule has 0 aliphatic heterocycles. The van der Waals surface area contributed by atoms with Crippen LogP contribution in [-0.4, -0.2) is 35.1 Å². The average molecular weight is 495 g/mol. The topological polar surface area (TPSA) is 54.2 Å². The van der Waals surface area contributed by atoms with Crippen LogP contribution in [0.3, 0.4) is 0 Å². The van der Waals surface area contributed by atoms with Crippen molar-refractivity contribution in [2.45, 2.75) is 12.3 Å². The van der Waals surface area contributed by atoms with Crippen LogP contribution in [0.15, 0.2) is 59.7 Å². The summed E-state index contributed by atoms with van der Waals surface area (Å²) in [4.78, 5) is 4.27. The van der Waals surface area contributed by atoms with Crippen molar-refractivity contribution >= 4 is 52.5 Å². The van der Waals surface area contributed by atoms with Crippen molar-refractivity contribution < 1.29 is 0 Å². The highest BCUT2D eigenvalue weighted by atomic mass is 127. The van der Waals surface area contributed by atoms with Crippen LogP contribution in [0.5, 0.6) is 0 Å². The maximum absolute atomic E-state index is 4.27. The summed E-state index contributed by atoms with van der Waals surface area (Å²) in [7, 11) is 3.74. The Bertz CT molecular complexity index is 872. The van der Waals surface area contributed by atoms with Gasteiger partial charge in [-0.1, -0.05) is 42.5 Å². The first-order chi connectivity index (χ1) is 12.8. The van der Waals surface area contributed by atoms with Gasteiger partial charge in [-0.2, -0.15) is 16.9 Å². The van der Waals surface area contributed by atoms with E-state index in [1.807, 2.05) is 29.6 Å². The Kier molecular flexibility index (Phi) is 8.93. The second-order valence-electron chi connectivity index (χ2n) is 5.99. The van der Waals surface area contributed by atoms with Gasteiger partial charge in [-0.3, -0.25) is 9.67 Å². The Morgan fingerprint density at radius 3 is 2.70 bits per heavy atom. The molecule has 0 radical (unpaired) electrons. The van der Waals surface area contributed by atoms with Crippen LogP contribution < -0.4 is 10.6 Å². The molecule has 27 heavy (non-hydrogen) atoms. The summed E-state index contributed by atoms with van der Waals surface area (Å²) < 4.78 is 1.86. The van der Waals surface area contributed by atoms with E-state index in [0.717, 1.165) is 29.7 Å². The molecular formula is C20H26IN5S. The van der Waals surface area contributed by atoms with Gasteiger partial charge in [-0.25, -0.2) is 0 Å². The van der Waals surface area contributed by atoms with E-state index in [9.17, 15) is 0 Å². The Morgan fingerprint density at radius 1 is 1.11 bits per heavy atom. The first kappa shape index (κ1) is 21.6. The number of thioether (sulfide) groups is 1. The van der Waals surface area contributed by atoms with Gasteiger partial charge in [0.2, 0.25) is 0 Å².